The molecule has 5 nitrogen and oxygen atoms in total. The predicted octanol–water partition coefficient (Wildman–Crippen LogP) is 1.99. The van der Waals surface area contributed by atoms with Gasteiger partial charge in [-0.05, 0) is 24.6 Å². The minimum absolute atomic E-state index is 0.0196. The van der Waals surface area contributed by atoms with Crippen LogP contribution in [0, 0.1) is 0 Å². The number of aliphatic hydroxyl groups is 1. The third-order valence-electron chi connectivity index (χ3n) is 3.13. The van der Waals surface area contributed by atoms with Gasteiger partial charge >= 0.3 is 0 Å². The van der Waals surface area contributed by atoms with Crippen molar-refractivity contribution in [3.05, 3.63) is 36.4 Å². The number of carbonyl (C=O) groups is 1. The molecule has 0 aliphatic heterocycles. The molecule has 1 rings (SSSR count). The first-order valence-corrected chi connectivity index (χ1v) is 6.86. The number of hydrogen-bond donors (Lipinski definition) is 1. The molecule has 0 aromatic heterocycles. The van der Waals surface area contributed by atoms with Gasteiger partial charge in [0.15, 0.2) is 0 Å². The number of benzene rings is 1. The standard InChI is InChI=1S/C16H23NO4/c1-4-5-6-16(19)17(9-10-18)12-13-11-14(20-2)7-8-15(13)21-3/h4,7-8,11,18H,1,5-6,9-10,12H2,2-3H3. The van der Waals surface area contributed by atoms with E-state index in [0.29, 0.717) is 30.9 Å². The molecule has 0 saturated carbocycles. The summed E-state index contributed by atoms with van der Waals surface area (Å²) in [7, 11) is 3.17. The molecular formula is C16H23NO4. The SMILES string of the molecule is C=CCCC(=O)N(CCO)Cc1cc(OC)ccc1OC. The molecule has 1 aromatic rings. The largest absolute Gasteiger partial charge is 0.497 e. The molecule has 0 fully saturated rings. The van der Waals surface area contributed by atoms with Crippen molar-refractivity contribution >= 4 is 5.91 Å². The summed E-state index contributed by atoms with van der Waals surface area (Å²) >= 11 is 0. The second kappa shape index (κ2) is 9.02. The van der Waals surface area contributed by atoms with Crippen molar-refractivity contribution in [1.29, 1.82) is 0 Å². The second-order valence-corrected chi connectivity index (χ2v) is 4.54. The van der Waals surface area contributed by atoms with Crippen molar-refractivity contribution in [2.45, 2.75) is 19.4 Å². The molecule has 1 aromatic carbocycles. The Morgan fingerprint density at radius 2 is 2.14 bits per heavy atom. The smallest absolute Gasteiger partial charge is 0.223 e. The maximum atomic E-state index is 12.1. The highest BCUT2D eigenvalue weighted by molar-refractivity contribution is 5.76. The van der Waals surface area contributed by atoms with Gasteiger partial charge in [-0.3, -0.25) is 4.79 Å². The molecule has 21 heavy (non-hydrogen) atoms. The van der Waals surface area contributed by atoms with Crippen LogP contribution in [-0.4, -0.2) is 43.3 Å². The predicted molar refractivity (Wildman–Crippen MR) is 81.5 cm³/mol. The Bertz CT molecular complexity index is 473. The Morgan fingerprint density at radius 1 is 1.38 bits per heavy atom. The number of amides is 1. The van der Waals surface area contributed by atoms with Gasteiger partial charge in [0.2, 0.25) is 5.91 Å². The monoisotopic (exact) mass is 293 g/mol. The molecular weight excluding hydrogens is 270 g/mol. The summed E-state index contributed by atoms with van der Waals surface area (Å²) in [4.78, 5) is 13.8. The number of methoxy groups -OCH3 is 2. The Kier molecular flexibility index (Phi) is 7.32. The molecule has 0 unspecified atom stereocenters. The maximum absolute atomic E-state index is 12.1. The number of rotatable bonds is 9. The summed E-state index contributed by atoms with van der Waals surface area (Å²) in [5, 5.41) is 9.15. The van der Waals surface area contributed by atoms with E-state index in [1.807, 2.05) is 6.07 Å². The molecule has 0 aliphatic carbocycles. The van der Waals surface area contributed by atoms with Crippen LogP contribution in [0.5, 0.6) is 11.5 Å². The molecule has 0 bridgehead atoms. The van der Waals surface area contributed by atoms with E-state index in [2.05, 4.69) is 6.58 Å². The molecule has 0 saturated heterocycles. The third-order valence-corrected chi connectivity index (χ3v) is 3.13. The van der Waals surface area contributed by atoms with Crippen molar-refractivity contribution in [2.75, 3.05) is 27.4 Å². The minimum atomic E-state index is -0.0773. The van der Waals surface area contributed by atoms with Crippen molar-refractivity contribution in [3.8, 4) is 11.5 Å². The van der Waals surface area contributed by atoms with Gasteiger partial charge in [0.25, 0.3) is 0 Å². The van der Waals surface area contributed by atoms with Crippen LogP contribution in [0.15, 0.2) is 30.9 Å². The Hall–Kier alpha value is -2.01. The molecule has 116 valence electrons. The van der Waals surface area contributed by atoms with Crippen LogP contribution >= 0.6 is 0 Å². The van der Waals surface area contributed by atoms with Gasteiger partial charge in [0.05, 0.1) is 20.8 Å². The first-order valence-electron chi connectivity index (χ1n) is 6.86. The molecule has 1 N–H and O–H groups in total. The first kappa shape index (κ1) is 17.0. The quantitative estimate of drug-likeness (QED) is 0.707. The van der Waals surface area contributed by atoms with E-state index in [1.54, 1.807) is 37.3 Å². The summed E-state index contributed by atoms with van der Waals surface area (Å²) in [5.41, 5.74) is 0.845. The zero-order valence-corrected chi connectivity index (χ0v) is 12.7. The Balaban J connectivity index is 2.91. The van der Waals surface area contributed by atoms with Crippen LogP contribution in [0.3, 0.4) is 0 Å². The van der Waals surface area contributed by atoms with Gasteiger partial charge in [-0.25, -0.2) is 0 Å². The van der Waals surface area contributed by atoms with E-state index < -0.39 is 0 Å². The highest BCUT2D eigenvalue weighted by Crippen LogP contribution is 2.25. The average Bonchev–Trinajstić information content (AvgIpc) is 2.51. The summed E-state index contributed by atoms with van der Waals surface area (Å²) in [5.74, 6) is 1.37. The minimum Gasteiger partial charge on any atom is -0.497 e. The lowest BCUT2D eigenvalue weighted by Gasteiger charge is -2.23. The van der Waals surface area contributed by atoms with Crippen LogP contribution < -0.4 is 9.47 Å². The number of ether oxygens (including phenoxy) is 2. The van der Waals surface area contributed by atoms with Gasteiger partial charge in [0.1, 0.15) is 11.5 Å². The van der Waals surface area contributed by atoms with E-state index in [-0.39, 0.29) is 19.1 Å². The van der Waals surface area contributed by atoms with Crippen LogP contribution in [0.25, 0.3) is 0 Å². The van der Waals surface area contributed by atoms with Crippen molar-refractivity contribution < 1.29 is 19.4 Å². The van der Waals surface area contributed by atoms with Gasteiger partial charge in [0, 0.05) is 25.1 Å². The molecule has 1 amide bonds. The normalized spacial score (nSPS) is 10.0. The number of hydrogen-bond acceptors (Lipinski definition) is 4. The summed E-state index contributed by atoms with van der Waals surface area (Å²) in [6.07, 6.45) is 2.72. The summed E-state index contributed by atoms with van der Waals surface area (Å²) in [6, 6.07) is 5.45. The second-order valence-electron chi connectivity index (χ2n) is 4.54. The summed E-state index contributed by atoms with van der Waals surface area (Å²) in [6.45, 7) is 4.20. The molecule has 0 heterocycles. The van der Waals surface area contributed by atoms with E-state index in [4.69, 9.17) is 14.6 Å². The zero-order chi connectivity index (χ0) is 15.7. The molecule has 0 aliphatic rings. The average molecular weight is 293 g/mol. The van der Waals surface area contributed by atoms with Crippen molar-refractivity contribution in [2.24, 2.45) is 0 Å². The molecule has 0 atom stereocenters. The van der Waals surface area contributed by atoms with Gasteiger partial charge in [-0.2, -0.15) is 0 Å². The topological polar surface area (TPSA) is 59.0 Å². The van der Waals surface area contributed by atoms with Gasteiger partial charge in [-0.1, -0.05) is 6.08 Å². The highest BCUT2D eigenvalue weighted by Gasteiger charge is 2.15. The van der Waals surface area contributed by atoms with E-state index in [9.17, 15) is 4.79 Å². The molecule has 0 radical (unpaired) electrons. The number of nitrogens with zero attached hydrogens (tertiary/aromatic N) is 1. The van der Waals surface area contributed by atoms with E-state index in [1.165, 1.54) is 0 Å². The third kappa shape index (κ3) is 5.11. The fourth-order valence-electron chi connectivity index (χ4n) is 2.01. The fraction of sp³-hybridized carbons (Fsp3) is 0.438. The van der Waals surface area contributed by atoms with Crippen LogP contribution in [0.2, 0.25) is 0 Å². The number of allylic oxidation sites excluding steroid dienone is 1. The van der Waals surface area contributed by atoms with E-state index in [0.717, 1.165) is 5.56 Å². The van der Waals surface area contributed by atoms with Gasteiger partial charge < -0.3 is 19.5 Å². The summed E-state index contributed by atoms with van der Waals surface area (Å²) < 4.78 is 10.5. The Morgan fingerprint density at radius 3 is 2.71 bits per heavy atom. The van der Waals surface area contributed by atoms with Crippen LogP contribution in [0.4, 0.5) is 0 Å². The highest BCUT2D eigenvalue weighted by atomic mass is 16.5. The van der Waals surface area contributed by atoms with Crippen LogP contribution in [0.1, 0.15) is 18.4 Å². The lowest BCUT2D eigenvalue weighted by atomic mass is 10.1. The lowest BCUT2D eigenvalue weighted by molar-refractivity contribution is -0.132. The van der Waals surface area contributed by atoms with Gasteiger partial charge in [-0.15, -0.1) is 6.58 Å². The van der Waals surface area contributed by atoms with Crippen molar-refractivity contribution in [3.63, 3.8) is 0 Å². The molecule has 5 heteroatoms. The first-order chi connectivity index (χ1) is 10.2. The lowest BCUT2D eigenvalue weighted by Crippen LogP contribution is -2.33. The zero-order valence-electron chi connectivity index (χ0n) is 12.7. The number of aliphatic hydroxyl groups excluding tert-OH is 1. The van der Waals surface area contributed by atoms with Crippen molar-refractivity contribution in [1.82, 2.24) is 4.90 Å². The van der Waals surface area contributed by atoms with E-state index >= 15 is 0 Å². The fourth-order valence-corrected chi connectivity index (χ4v) is 2.01. The maximum Gasteiger partial charge on any atom is 0.223 e. The molecule has 0 spiro atoms. The van der Waals surface area contributed by atoms with Crippen LogP contribution in [-0.2, 0) is 11.3 Å². The Labute approximate surface area is 125 Å². The number of carbonyl (C=O) groups excluding carboxylic acids is 1.